The van der Waals surface area contributed by atoms with Crippen molar-refractivity contribution in [3.63, 3.8) is 0 Å². The van der Waals surface area contributed by atoms with Crippen LogP contribution in [-0.4, -0.2) is 57.7 Å². The van der Waals surface area contributed by atoms with Gasteiger partial charge in [0.1, 0.15) is 7.11 Å². The van der Waals surface area contributed by atoms with E-state index in [-0.39, 0.29) is 41.5 Å². The molecule has 1 aromatic carbocycles. The summed E-state index contributed by atoms with van der Waals surface area (Å²) in [6, 6.07) is 8.42. The van der Waals surface area contributed by atoms with Gasteiger partial charge >= 0.3 is 0 Å². The fourth-order valence-electron chi connectivity index (χ4n) is 3.96. The maximum Gasteiger partial charge on any atom is 0.293 e. The second kappa shape index (κ2) is 12.2. The summed E-state index contributed by atoms with van der Waals surface area (Å²) in [4.78, 5) is 42.1. The van der Waals surface area contributed by atoms with Crippen molar-refractivity contribution in [2.75, 3.05) is 33.1 Å². The third-order valence-corrected chi connectivity index (χ3v) is 6.30. The van der Waals surface area contributed by atoms with E-state index in [0.717, 1.165) is 17.7 Å². The van der Waals surface area contributed by atoms with Gasteiger partial charge in [-0.05, 0) is 51.3 Å². The molecule has 3 aromatic heterocycles. The monoisotopic (exact) mass is 579 g/mol. The number of halogens is 2. The van der Waals surface area contributed by atoms with E-state index in [1.165, 1.54) is 7.11 Å². The number of hydrogen-bond donors (Lipinski definition) is 1. The molecular weight excluding hydrogens is 554 g/mol. The Morgan fingerprint density at radius 2 is 1.89 bits per heavy atom. The molecule has 12 heteroatoms. The number of aryl methyl sites for hydroxylation is 1. The molecule has 0 spiro atoms. The summed E-state index contributed by atoms with van der Waals surface area (Å²) in [7, 11) is 7.15. The molecule has 1 N–H and O–H groups in total. The van der Waals surface area contributed by atoms with Crippen LogP contribution < -0.4 is 15.7 Å². The van der Waals surface area contributed by atoms with E-state index in [4.69, 9.17) is 28.0 Å². The summed E-state index contributed by atoms with van der Waals surface area (Å²) in [6.45, 7) is 0.845. The van der Waals surface area contributed by atoms with Crippen LogP contribution in [0.1, 0.15) is 23.3 Å². The molecule has 0 amide bonds. The quantitative estimate of drug-likeness (QED) is 0.293. The van der Waals surface area contributed by atoms with Crippen LogP contribution in [-0.2, 0) is 25.6 Å². The van der Waals surface area contributed by atoms with E-state index < -0.39 is 5.56 Å². The SMILES string of the molecule is COn1c(=O)c(-c2c(Cl)cccc2Cl)cc2cnc(Nc3cc(C(=O)CCCN(C)C)n(C)c3)nc21.[V]. The van der Waals surface area contributed by atoms with E-state index in [1.54, 1.807) is 47.3 Å². The molecule has 1 radical (unpaired) electrons. The first-order valence-corrected chi connectivity index (χ1v) is 12.0. The number of nitrogens with zero attached hydrogens (tertiary/aromatic N) is 5. The van der Waals surface area contributed by atoms with Crippen LogP contribution in [0.15, 0.2) is 47.5 Å². The van der Waals surface area contributed by atoms with Crippen LogP contribution in [0.2, 0.25) is 10.0 Å². The van der Waals surface area contributed by atoms with Gasteiger partial charge in [0.25, 0.3) is 5.56 Å². The molecule has 37 heavy (non-hydrogen) atoms. The molecule has 0 aliphatic carbocycles. The molecule has 0 saturated carbocycles. The first-order chi connectivity index (χ1) is 17.2. The zero-order valence-electron chi connectivity index (χ0n) is 20.8. The molecule has 0 bridgehead atoms. The predicted molar refractivity (Wildman–Crippen MR) is 143 cm³/mol. The normalized spacial score (nSPS) is 11.0. The van der Waals surface area contributed by atoms with Crippen molar-refractivity contribution in [3.8, 4) is 11.1 Å². The summed E-state index contributed by atoms with van der Waals surface area (Å²) < 4.78 is 2.84. The Labute approximate surface area is 236 Å². The third-order valence-electron chi connectivity index (χ3n) is 5.67. The number of fused-ring (bicyclic) bond motifs is 1. The Kier molecular flexibility index (Phi) is 9.44. The number of ketones is 1. The maximum absolute atomic E-state index is 13.2. The van der Waals surface area contributed by atoms with Gasteiger partial charge < -0.3 is 19.6 Å². The van der Waals surface area contributed by atoms with Crippen LogP contribution in [0.3, 0.4) is 0 Å². The molecule has 0 aliphatic heterocycles. The van der Waals surface area contributed by atoms with Crippen LogP contribution in [0, 0.1) is 0 Å². The Balaban J connectivity index is 0.00000380. The second-order valence-electron chi connectivity index (χ2n) is 8.59. The van der Waals surface area contributed by atoms with Gasteiger partial charge in [-0.3, -0.25) is 9.59 Å². The molecule has 4 aromatic rings. The molecule has 0 saturated heterocycles. The average Bonchev–Trinajstić information content (AvgIpc) is 3.19. The van der Waals surface area contributed by atoms with Gasteiger partial charge in [-0.1, -0.05) is 29.3 Å². The second-order valence-corrected chi connectivity index (χ2v) is 9.40. The molecule has 4 rings (SSSR count). The van der Waals surface area contributed by atoms with E-state index in [1.807, 2.05) is 26.0 Å². The third kappa shape index (κ3) is 6.19. The van der Waals surface area contributed by atoms with Gasteiger partial charge in [0.15, 0.2) is 11.4 Å². The Morgan fingerprint density at radius 3 is 2.54 bits per heavy atom. The number of nitrogens with one attached hydrogen (secondary N) is 1. The van der Waals surface area contributed by atoms with Crippen molar-refractivity contribution >= 4 is 51.7 Å². The van der Waals surface area contributed by atoms with Crippen LogP contribution >= 0.6 is 23.2 Å². The molecule has 0 atom stereocenters. The Hall–Kier alpha value is -2.82. The van der Waals surface area contributed by atoms with Crippen molar-refractivity contribution in [1.82, 2.24) is 24.2 Å². The van der Waals surface area contributed by atoms with Gasteiger partial charge in [-0.2, -0.15) is 4.98 Å². The number of carbonyl (C=O) groups is 1. The smallest absolute Gasteiger partial charge is 0.293 e. The van der Waals surface area contributed by atoms with E-state index in [0.29, 0.717) is 38.8 Å². The van der Waals surface area contributed by atoms with Gasteiger partial charge in [-0.15, -0.1) is 4.73 Å². The molecule has 3 heterocycles. The molecule has 0 unspecified atom stereocenters. The number of aromatic nitrogens is 4. The van der Waals surface area contributed by atoms with Crippen molar-refractivity contribution < 1.29 is 28.2 Å². The maximum atomic E-state index is 13.2. The van der Waals surface area contributed by atoms with Crippen LogP contribution in [0.25, 0.3) is 22.2 Å². The number of carbonyl (C=O) groups excluding carboxylic acids is 1. The Bertz CT molecular complexity index is 1480. The molecule has 193 valence electrons. The average molecular weight is 580 g/mol. The largest absolute Gasteiger partial charge is 0.412 e. The fraction of sp³-hybridized carbons (Fsp3) is 0.280. The minimum Gasteiger partial charge on any atom is -0.412 e. The molecule has 9 nitrogen and oxygen atoms in total. The first-order valence-electron chi connectivity index (χ1n) is 11.2. The number of anilines is 2. The van der Waals surface area contributed by atoms with Crippen molar-refractivity contribution in [1.29, 1.82) is 0 Å². The number of Topliss-reactive ketones (excluding diaryl/α,β-unsaturated/α-hetero) is 1. The standard InChI is InChI=1S/C25H26Cl2N6O3.V/c1-31(2)10-6-9-21(34)20-12-16(14-32(20)3)29-25-28-13-15-11-17(22-18(26)7-5-8-19(22)27)24(35)33(36-4)23(15)30-25;/h5,7-8,11-14H,6,9-10H2,1-4H3,(H,28,29,30);. The molecular formula is C25H26Cl2N6O3V. The summed E-state index contributed by atoms with van der Waals surface area (Å²) >= 11 is 12.7. The summed E-state index contributed by atoms with van der Waals surface area (Å²) in [5.41, 5.74) is 1.72. The topological polar surface area (TPSA) is 94.3 Å². The van der Waals surface area contributed by atoms with Crippen molar-refractivity contribution in [2.24, 2.45) is 7.05 Å². The number of rotatable bonds is 9. The minimum atomic E-state index is -0.463. The predicted octanol–water partition coefficient (Wildman–Crippen LogP) is 4.43. The number of pyridine rings is 1. The van der Waals surface area contributed by atoms with Crippen molar-refractivity contribution in [2.45, 2.75) is 12.8 Å². The fourth-order valence-corrected chi connectivity index (χ4v) is 4.56. The van der Waals surface area contributed by atoms with Crippen LogP contribution in [0.4, 0.5) is 11.6 Å². The van der Waals surface area contributed by atoms with Gasteiger partial charge in [0, 0.05) is 55.4 Å². The minimum absolute atomic E-state index is 0. The molecule has 0 fully saturated rings. The molecule has 0 aliphatic rings. The zero-order chi connectivity index (χ0) is 26.0. The number of benzene rings is 1. The zero-order valence-corrected chi connectivity index (χ0v) is 23.7. The van der Waals surface area contributed by atoms with E-state index >= 15 is 0 Å². The van der Waals surface area contributed by atoms with E-state index in [2.05, 4.69) is 15.3 Å². The Morgan fingerprint density at radius 1 is 1.19 bits per heavy atom. The van der Waals surface area contributed by atoms with E-state index in [9.17, 15) is 9.59 Å². The van der Waals surface area contributed by atoms with Gasteiger partial charge in [0.2, 0.25) is 5.95 Å². The van der Waals surface area contributed by atoms with Gasteiger partial charge in [-0.25, -0.2) is 4.98 Å². The summed E-state index contributed by atoms with van der Waals surface area (Å²) in [6.07, 6.45) is 4.60. The summed E-state index contributed by atoms with van der Waals surface area (Å²) in [5, 5.41) is 4.35. The van der Waals surface area contributed by atoms with Crippen LogP contribution in [0.5, 0.6) is 0 Å². The first kappa shape index (κ1) is 28.8. The number of hydrogen-bond acceptors (Lipinski definition) is 7. The van der Waals surface area contributed by atoms with Gasteiger partial charge in [0.05, 0.1) is 27.0 Å². The summed E-state index contributed by atoms with van der Waals surface area (Å²) in [5.74, 6) is 0.305. The van der Waals surface area contributed by atoms with Crippen molar-refractivity contribution in [3.05, 3.63) is 68.8 Å².